The minimum atomic E-state index is -0.511. The highest BCUT2D eigenvalue weighted by Crippen LogP contribution is 2.44. The van der Waals surface area contributed by atoms with E-state index in [1.54, 1.807) is 109 Å². The molecule has 0 spiro atoms. The molecule has 2 aliphatic rings. The summed E-state index contributed by atoms with van der Waals surface area (Å²) in [7, 11) is 5.62. The summed E-state index contributed by atoms with van der Waals surface area (Å²) in [4.78, 5) is 89.0. The Morgan fingerprint density at radius 1 is 0.466 bits per heavy atom. The summed E-state index contributed by atoms with van der Waals surface area (Å²) in [6, 6.07) is 32.8. The summed E-state index contributed by atoms with van der Waals surface area (Å²) >= 11 is 2.10. The molecular weight excluding hydrogens is 843 g/mol. The lowest BCUT2D eigenvalue weighted by molar-refractivity contribution is 0.0977. The van der Waals surface area contributed by atoms with Gasteiger partial charge >= 0.3 is 0 Å². The van der Waals surface area contributed by atoms with Crippen molar-refractivity contribution in [2.75, 3.05) is 41.6 Å². The lowest BCUT2D eigenvalue weighted by atomic mass is 9.75. The van der Waals surface area contributed by atoms with Gasteiger partial charge in [0.05, 0.1) is 26.2 Å². The van der Waals surface area contributed by atoms with Crippen molar-refractivity contribution in [3.8, 4) is 11.1 Å². The number of anilines is 4. The highest BCUT2D eigenvalue weighted by atomic mass is 127. The van der Waals surface area contributed by atoms with Crippen LogP contribution in [0.15, 0.2) is 132 Å². The zero-order valence-electron chi connectivity index (χ0n) is 31.5. The zero-order chi connectivity index (χ0) is 41.0. The Hall–Kier alpha value is -6.99. The monoisotopic (exact) mass is 876 g/mol. The summed E-state index contributed by atoms with van der Waals surface area (Å²) in [6.07, 6.45) is 0. The van der Waals surface area contributed by atoms with Crippen molar-refractivity contribution >= 4 is 80.3 Å². The summed E-state index contributed by atoms with van der Waals surface area (Å²) < 4.78 is 0.784. The van der Waals surface area contributed by atoms with Crippen LogP contribution in [0.25, 0.3) is 11.1 Å². The third kappa shape index (κ3) is 6.39. The third-order valence-corrected chi connectivity index (χ3v) is 11.2. The van der Waals surface area contributed by atoms with Crippen LogP contribution in [-0.2, 0) is 0 Å². The van der Waals surface area contributed by atoms with E-state index >= 15 is 0 Å². The molecule has 2 amide bonds. The molecule has 6 aromatic rings. The summed E-state index contributed by atoms with van der Waals surface area (Å²) in [5.74, 6) is -2.98. The molecule has 0 saturated heterocycles. The predicted molar refractivity (Wildman–Crippen MR) is 233 cm³/mol. The van der Waals surface area contributed by atoms with E-state index in [4.69, 9.17) is 0 Å². The third-order valence-electron chi connectivity index (χ3n) is 10.5. The Labute approximate surface area is 347 Å². The van der Waals surface area contributed by atoms with Crippen LogP contribution >= 0.6 is 22.6 Å². The van der Waals surface area contributed by atoms with Gasteiger partial charge in [0, 0.05) is 77.0 Å². The Bertz CT molecular complexity index is 2810. The number of hydrogen-bond donors (Lipinski definition) is 2. The van der Waals surface area contributed by atoms with Gasteiger partial charge in [0.2, 0.25) is 0 Å². The first-order chi connectivity index (χ1) is 27.8. The van der Waals surface area contributed by atoms with Gasteiger partial charge in [-0.3, -0.25) is 28.8 Å². The lowest BCUT2D eigenvalue weighted by Crippen LogP contribution is -2.27. The second kappa shape index (κ2) is 14.8. The first-order valence-electron chi connectivity index (χ1n) is 18.1. The second-order valence-electron chi connectivity index (χ2n) is 14.1. The molecule has 0 unspecified atom stereocenters. The molecule has 0 atom stereocenters. The van der Waals surface area contributed by atoms with Crippen molar-refractivity contribution in [1.82, 2.24) is 0 Å². The summed E-state index contributed by atoms with van der Waals surface area (Å²) in [6.45, 7) is 3.94. The fourth-order valence-electron chi connectivity index (χ4n) is 7.38. The average Bonchev–Trinajstić information content (AvgIpc) is 3.24. The first-order valence-corrected chi connectivity index (χ1v) is 19.2. The molecule has 0 radical (unpaired) electrons. The number of amides is 2. The Balaban J connectivity index is 1.28. The molecule has 284 valence electrons. The number of carbonyl (C=O) groups is 6. The van der Waals surface area contributed by atoms with Crippen molar-refractivity contribution in [1.29, 1.82) is 0 Å². The molecule has 58 heavy (non-hydrogen) atoms. The number of halogens is 1. The largest absolute Gasteiger partial charge is 0.378 e. The number of hydrogen-bond acceptors (Lipinski definition) is 8. The molecule has 0 fully saturated rings. The van der Waals surface area contributed by atoms with E-state index in [-0.39, 0.29) is 67.0 Å². The maximum absolute atomic E-state index is 14.6. The van der Waals surface area contributed by atoms with Gasteiger partial charge in [-0.2, -0.15) is 0 Å². The molecule has 0 aromatic heterocycles. The van der Waals surface area contributed by atoms with Gasteiger partial charge in [0.1, 0.15) is 0 Å². The molecule has 11 heteroatoms. The van der Waals surface area contributed by atoms with Crippen molar-refractivity contribution in [3.63, 3.8) is 0 Å². The van der Waals surface area contributed by atoms with E-state index in [2.05, 4.69) is 39.8 Å². The van der Waals surface area contributed by atoms with Crippen molar-refractivity contribution in [3.05, 3.63) is 187 Å². The first kappa shape index (κ1) is 37.9. The highest BCUT2D eigenvalue weighted by Gasteiger charge is 2.39. The van der Waals surface area contributed by atoms with Crippen LogP contribution in [0.4, 0.5) is 22.7 Å². The van der Waals surface area contributed by atoms with Gasteiger partial charge in [-0.15, -0.1) is 0 Å². The number of rotatable bonds is 8. The molecule has 2 aliphatic carbocycles. The van der Waals surface area contributed by atoms with Crippen LogP contribution in [-0.4, -0.2) is 56.1 Å². The van der Waals surface area contributed by atoms with Crippen molar-refractivity contribution in [2.24, 2.45) is 0 Å². The molecule has 0 heterocycles. The van der Waals surface area contributed by atoms with Gasteiger partial charge < -0.3 is 20.4 Å². The Morgan fingerprint density at radius 2 is 0.810 bits per heavy atom. The predicted octanol–water partition coefficient (Wildman–Crippen LogP) is 8.82. The number of fused-ring (bicyclic) bond motifs is 4. The fraction of sp³-hybridized carbons (Fsp3) is 0.0638. The van der Waals surface area contributed by atoms with E-state index in [0.717, 1.165) is 15.1 Å². The van der Waals surface area contributed by atoms with E-state index < -0.39 is 34.9 Å². The quantitative estimate of drug-likeness (QED) is 0.114. The van der Waals surface area contributed by atoms with Gasteiger partial charge in [0.15, 0.2) is 23.1 Å². The van der Waals surface area contributed by atoms with E-state index in [0.29, 0.717) is 11.1 Å². The van der Waals surface area contributed by atoms with Gasteiger partial charge in [0.25, 0.3) is 11.8 Å². The van der Waals surface area contributed by atoms with Crippen LogP contribution in [0.3, 0.4) is 0 Å². The second-order valence-corrected chi connectivity index (χ2v) is 15.3. The maximum atomic E-state index is 14.6. The number of nitrogens with one attached hydrogen (secondary N) is 2. The number of carbonyl (C=O) groups excluding carboxylic acids is 6. The van der Waals surface area contributed by atoms with Crippen LogP contribution in [0.5, 0.6) is 0 Å². The van der Waals surface area contributed by atoms with Gasteiger partial charge in [-0.05, 0) is 94.4 Å². The topological polar surface area (TPSA) is 133 Å². The molecule has 0 bridgehead atoms. The highest BCUT2D eigenvalue weighted by molar-refractivity contribution is 14.1. The van der Waals surface area contributed by atoms with E-state index in [1.807, 2.05) is 30.9 Å². The normalized spacial score (nSPS) is 12.5. The zero-order valence-corrected chi connectivity index (χ0v) is 33.6. The van der Waals surface area contributed by atoms with E-state index in [9.17, 15) is 28.8 Å². The van der Waals surface area contributed by atoms with Crippen LogP contribution in [0, 0.1) is 0 Å². The van der Waals surface area contributed by atoms with Crippen LogP contribution in [0.1, 0.15) is 84.4 Å². The standard InChI is InChI=1S/C47H33IN4O6/c1-25(48)52(4)29-19-15-27(16-20-29)47(58)50-37-24-22-31(39-41(37)45(56)35-12-8-6-10-33(35)43(39)54)30-21-23-36(49-46(57)26-13-17-28(18-14-26)51(2)3)40-38(30)42(53)32-9-5-7-11-34(32)44(40)55/h5-24H,1H2,2-4H3,(H,49,57)(H,50,58). The molecule has 2 N–H and O–H groups in total. The molecule has 0 saturated carbocycles. The molecular formula is C47H33IN4O6. The number of benzene rings is 6. The summed E-state index contributed by atoms with van der Waals surface area (Å²) in [5.41, 5.74) is 3.50. The SMILES string of the molecule is C=C(I)N(C)c1ccc(C(=O)Nc2ccc(-c3ccc(NC(=O)c4ccc(N(C)C)cc4)c4c3C(=O)c3ccccc3C4=O)c3c2C(=O)c2ccccc2C3=O)cc1. The van der Waals surface area contributed by atoms with Gasteiger partial charge in [-0.1, -0.05) is 67.2 Å². The molecule has 8 rings (SSSR count). The Morgan fingerprint density at radius 3 is 1.16 bits per heavy atom. The van der Waals surface area contributed by atoms with Crippen molar-refractivity contribution < 1.29 is 28.8 Å². The molecule has 6 aromatic carbocycles. The summed E-state index contributed by atoms with van der Waals surface area (Å²) in [5, 5.41) is 5.70. The number of nitrogens with zero attached hydrogens (tertiary/aromatic N) is 2. The van der Waals surface area contributed by atoms with Crippen LogP contribution in [0.2, 0.25) is 0 Å². The molecule has 10 nitrogen and oxygen atoms in total. The smallest absolute Gasteiger partial charge is 0.255 e. The average molecular weight is 877 g/mol. The van der Waals surface area contributed by atoms with Gasteiger partial charge in [-0.25, -0.2) is 0 Å². The lowest BCUT2D eigenvalue weighted by Gasteiger charge is -2.26. The van der Waals surface area contributed by atoms with Crippen LogP contribution < -0.4 is 20.4 Å². The minimum absolute atomic E-state index is 0.0261. The van der Waals surface area contributed by atoms with Crippen molar-refractivity contribution in [2.45, 2.75) is 0 Å². The Kier molecular flexibility index (Phi) is 9.69. The maximum Gasteiger partial charge on any atom is 0.255 e. The number of ketones is 4. The fourth-order valence-corrected chi connectivity index (χ4v) is 7.66. The molecule has 0 aliphatic heterocycles. The minimum Gasteiger partial charge on any atom is -0.378 e. The van der Waals surface area contributed by atoms with E-state index in [1.165, 1.54) is 12.1 Å².